The van der Waals surface area contributed by atoms with Crippen molar-refractivity contribution >= 4 is 34.5 Å². The third kappa shape index (κ3) is 2.14. The fourth-order valence-corrected chi connectivity index (χ4v) is 2.28. The third-order valence-corrected chi connectivity index (χ3v) is 3.49. The van der Waals surface area contributed by atoms with Crippen molar-refractivity contribution in [2.45, 2.75) is 13.3 Å². The molecular weight excluding hydrogens is 250 g/mol. The van der Waals surface area contributed by atoms with Gasteiger partial charge < -0.3 is 9.67 Å². The number of hydrogen-bond donors (Lipinski definition) is 1. The van der Waals surface area contributed by atoms with E-state index in [9.17, 15) is 4.79 Å². The number of rotatable bonds is 3. The SMILES string of the molecule is CCc1ccc2c(c1)c(/C=C/C(=O)O)c(Cl)n2C. The molecule has 0 unspecified atom stereocenters. The van der Waals surface area contributed by atoms with Crippen LogP contribution in [0.3, 0.4) is 0 Å². The summed E-state index contributed by atoms with van der Waals surface area (Å²) in [5.41, 5.74) is 2.96. The lowest BCUT2D eigenvalue weighted by Crippen LogP contribution is -1.87. The molecular formula is C14H14ClNO2. The lowest BCUT2D eigenvalue weighted by atomic mass is 10.1. The highest BCUT2D eigenvalue weighted by atomic mass is 35.5. The van der Waals surface area contributed by atoms with Crippen LogP contribution in [0.5, 0.6) is 0 Å². The Morgan fingerprint density at radius 1 is 1.50 bits per heavy atom. The van der Waals surface area contributed by atoms with Crippen molar-refractivity contribution in [1.82, 2.24) is 4.57 Å². The molecule has 0 aliphatic heterocycles. The first-order valence-electron chi connectivity index (χ1n) is 5.72. The zero-order chi connectivity index (χ0) is 13.3. The molecule has 1 aromatic carbocycles. The molecule has 0 spiro atoms. The molecule has 3 nitrogen and oxygen atoms in total. The van der Waals surface area contributed by atoms with Gasteiger partial charge in [0.25, 0.3) is 0 Å². The maximum atomic E-state index is 10.6. The van der Waals surface area contributed by atoms with Gasteiger partial charge in [0, 0.05) is 29.6 Å². The van der Waals surface area contributed by atoms with Crippen LogP contribution >= 0.6 is 11.6 Å². The summed E-state index contributed by atoms with van der Waals surface area (Å²) in [6, 6.07) is 6.13. The minimum absolute atomic E-state index is 0.552. The van der Waals surface area contributed by atoms with Gasteiger partial charge in [-0.1, -0.05) is 24.6 Å². The Balaban J connectivity index is 2.70. The van der Waals surface area contributed by atoms with E-state index in [1.807, 2.05) is 17.7 Å². The molecule has 0 bridgehead atoms. The van der Waals surface area contributed by atoms with Gasteiger partial charge in [0.1, 0.15) is 5.15 Å². The number of carbonyl (C=O) groups is 1. The Hall–Kier alpha value is -1.74. The maximum absolute atomic E-state index is 10.6. The fraction of sp³-hybridized carbons (Fsp3) is 0.214. The second-order valence-corrected chi connectivity index (χ2v) is 4.50. The second kappa shape index (κ2) is 4.86. The summed E-state index contributed by atoms with van der Waals surface area (Å²) >= 11 is 6.23. The van der Waals surface area contributed by atoms with Crippen LogP contribution < -0.4 is 0 Å². The summed E-state index contributed by atoms with van der Waals surface area (Å²) in [5.74, 6) is -0.977. The lowest BCUT2D eigenvalue weighted by molar-refractivity contribution is -0.131. The van der Waals surface area contributed by atoms with E-state index in [-0.39, 0.29) is 0 Å². The molecule has 1 heterocycles. The minimum atomic E-state index is -0.977. The number of aromatic nitrogens is 1. The Morgan fingerprint density at radius 2 is 2.22 bits per heavy atom. The third-order valence-electron chi connectivity index (χ3n) is 3.03. The van der Waals surface area contributed by atoms with Crippen LogP contribution in [0.4, 0.5) is 0 Å². The van der Waals surface area contributed by atoms with E-state index >= 15 is 0 Å². The molecule has 94 valence electrons. The van der Waals surface area contributed by atoms with Crippen molar-refractivity contribution in [2.24, 2.45) is 7.05 Å². The quantitative estimate of drug-likeness (QED) is 0.862. The van der Waals surface area contributed by atoms with E-state index in [1.54, 1.807) is 6.08 Å². The van der Waals surface area contributed by atoms with Gasteiger partial charge in [-0.05, 0) is 30.2 Å². The molecule has 0 radical (unpaired) electrons. The summed E-state index contributed by atoms with van der Waals surface area (Å²) in [5, 5.41) is 10.2. The molecule has 0 aliphatic rings. The first-order valence-corrected chi connectivity index (χ1v) is 6.10. The fourth-order valence-electron chi connectivity index (χ4n) is 2.02. The number of nitrogens with zero attached hydrogens (tertiary/aromatic N) is 1. The van der Waals surface area contributed by atoms with Gasteiger partial charge in [0.2, 0.25) is 0 Å². The number of hydrogen-bond acceptors (Lipinski definition) is 1. The minimum Gasteiger partial charge on any atom is -0.478 e. The van der Waals surface area contributed by atoms with Gasteiger partial charge in [-0.15, -0.1) is 0 Å². The standard InChI is InChI=1S/C14H14ClNO2/c1-3-9-4-6-12-11(8-9)10(5-7-13(17)18)14(15)16(12)2/h4-8H,3H2,1-2H3,(H,17,18)/b7-5+. The molecule has 2 rings (SSSR count). The Morgan fingerprint density at radius 3 is 2.83 bits per heavy atom. The van der Waals surface area contributed by atoms with Crippen LogP contribution in [-0.4, -0.2) is 15.6 Å². The van der Waals surface area contributed by atoms with Crippen LogP contribution in [0.1, 0.15) is 18.1 Å². The molecule has 1 N–H and O–H groups in total. The zero-order valence-corrected chi connectivity index (χ0v) is 11.0. The topological polar surface area (TPSA) is 42.2 Å². The van der Waals surface area contributed by atoms with E-state index in [0.29, 0.717) is 5.15 Å². The van der Waals surface area contributed by atoms with Crippen molar-refractivity contribution in [1.29, 1.82) is 0 Å². The predicted molar refractivity (Wildman–Crippen MR) is 74.0 cm³/mol. The molecule has 0 fully saturated rings. The molecule has 0 saturated heterocycles. The first kappa shape index (κ1) is 12.7. The van der Waals surface area contributed by atoms with E-state index in [4.69, 9.17) is 16.7 Å². The molecule has 0 aliphatic carbocycles. The second-order valence-electron chi connectivity index (χ2n) is 4.14. The van der Waals surface area contributed by atoms with Crippen LogP contribution in [0.25, 0.3) is 17.0 Å². The number of fused-ring (bicyclic) bond motifs is 1. The zero-order valence-electron chi connectivity index (χ0n) is 10.3. The largest absolute Gasteiger partial charge is 0.478 e. The van der Waals surface area contributed by atoms with Gasteiger partial charge in [-0.3, -0.25) is 0 Å². The summed E-state index contributed by atoms with van der Waals surface area (Å²) < 4.78 is 1.86. The number of aliphatic carboxylic acids is 1. The molecule has 2 aromatic rings. The van der Waals surface area contributed by atoms with E-state index < -0.39 is 5.97 Å². The number of halogens is 1. The monoisotopic (exact) mass is 263 g/mol. The average molecular weight is 264 g/mol. The lowest BCUT2D eigenvalue weighted by Gasteiger charge is -1.99. The highest BCUT2D eigenvalue weighted by molar-refractivity contribution is 6.33. The van der Waals surface area contributed by atoms with Gasteiger partial charge in [-0.25, -0.2) is 4.79 Å². The molecule has 4 heteroatoms. The highest BCUT2D eigenvalue weighted by Crippen LogP contribution is 2.31. The summed E-state index contributed by atoms with van der Waals surface area (Å²) in [7, 11) is 1.87. The molecule has 0 atom stereocenters. The summed E-state index contributed by atoms with van der Waals surface area (Å²) in [6.07, 6.45) is 3.59. The van der Waals surface area contributed by atoms with E-state index in [1.165, 1.54) is 5.56 Å². The first-order chi connectivity index (χ1) is 8.54. The van der Waals surface area contributed by atoms with Gasteiger partial charge in [-0.2, -0.15) is 0 Å². The summed E-state index contributed by atoms with van der Waals surface area (Å²) in [4.78, 5) is 10.6. The Bertz CT molecular complexity index is 641. The molecule has 0 saturated carbocycles. The maximum Gasteiger partial charge on any atom is 0.328 e. The molecule has 1 aromatic heterocycles. The number of aryl methyl sites for hydroxylation is 2. The van der Waals surface area contributed by atoms with Gasteiger partial charge >= 0.3 is 5.97 Å². The van der Waals surface area contributed by atoms with E-state index in [0.717, 1.165) is 29.0 Å². The Kier molecular flexibility index (Phi) is 3.43. The van der Waals surface area contributed by atoms with Crippen molar-refractivity contribution in [3.8, 4) is 0 Å². The normalized spacial score (nSPS) is 11.5. The number of benzene rings is 1. The van der Waals surface area contributed by atoms with Crippen molar-refractivity contribution < 1.29 is 9.90 Å². The predicted octanol–water partition coefficient (Wildman–Crippen LogP) is 3.49. The molecule has 0 amide bonds. The van der Waals surface area contributed by atoms with Gasteiger partial charge in [0.05, 0.1) is 0 Å². The number of carboxylic acid groups (broad SMARTS) is 1. The van der Waals surface area contributed by atoms with Crippen LogP contribution in [0, 0.1) is 0 Å². The van der Waals surface area contributed by atoms with Crippen LogP contribution in [0.2, 0.25) is 5.15 Å². The smallest absolute Gasteiger partial charge is 0.328 e. The van der Waals surface area contributed by atoms with Crippen LogP contribution in [-0.2, 0) is 18.3 Å². The number of carboxylic acids is 1. The Labute approximate surface area is 110 Å². The van der Waals surface area contributed by atoms with Crippen LogP contribution in [0.15, 0.2) is 24.3 Å². The van der Waals surface area contributed by atoms with Crippen molar-refractivity contribution in [3.05, 3.63) is 40.6 Å². The molecule has 18 heavy (non-hydrogen) atoms. The van der Waals surface area contributed by atoms with Crippen molar-refractivity contribution in [3.63, 3.8) is 0 Å². The van der Waals surface area contributed by atoms with E-state index in [2.05, 4.69) is 19.1 Å². The summed E-state index contributed by atoms with van der Waals surface area (Å²) in [6.45, 7) is 2.08. The highest BCUT2D eigenvalue weighted by Gasteiger charge is 2.11. The van der Waals surface area contributed by atoms with Crippen molar-refractivity contribution in [2.75, 3.05) is 0 Å². The van der Waals surface area contributed by atoms with Gasteiger partial charge in [0.15, 0.2) is 0 Å². The average Bonchev–Trinajstić information content (AvgIpc) is 2.59.